The Labute approximate surface area is 119 Å². The Hall–Kier alpha value is -1.63. The first-order valence-corrected chi connectivity index (χ1v) is 7.59. The molecule has 0 atom stereocenters. The largest absolute Gasteiger partial charge is 0.341 e. The van der Waals surface area contributed by atoms with Crippen LogP contribution in [-0.4, -0.2) is 41.1 Å². The van der Waals surface area contributed by atoms with Gasteiger partial charge in [-0.15, -0.1) is 0 Å². The topological polar surface area (TPSA) is 83.2 Å². The van der Waals surface area contributed by atoms with Crippen LogP contribution in [-0.2, 0) is 0 Å². The number of hydrazine groups is 1. The highest BCUT2D eigenvalue weighted by Gasteiger charge is 2.19. The minimum Gasteiger partial charge on any atom is -0.341 e. The van der Waals surface area contributed by atoms with E-state index in [1.807, 2.05) is 0 Å². The summed E-state index contributed by atoms with van der Waals surface area (Å²) in [5.41, 5.74) is 2.57. The van der Waals surface area contributed by atoms with Gasteiger partial charge in [0.1, 0.15) is 0 Å². The molecule has 0 aromatic carbocycles. The molecule has 0 unspecified atom stereocenters. The maximum atomic E-state index is 5.51. The summed E-state index contributed by atoms with van der Waals surface area (Å²) in [5.74, 6) is 7.48. The molecular weight excluding hydrogens is 254 g/mol. The highest BCUT2D eigenvalue weighted by molar-refractivity contribution is 5.45. The van der Waals surface area contributed by atoms with Gasteiger partial charge in [-0.25, -0.2) is 5.84 Å². The summed E-state index contributed by atoms with van der Waals surface area (Å²) in [7, 11) is 0. The molecule has 0 bridgehead atoms. The zero-order valence-electron chi connectivity index (χ0n) is 11.9. The normalized spacial score (nSPS) is 20.1. The number of nitrogen functional groups attached to an aromatic ring is 1. The summed E-state index contributed by atoms with van der Waals surface area (Å²) >= 11 is 0. The number of nitrogens with zero attached hydrogens (tertiary/aromatic N) is 5. The van der Waals surface area contributed by atoms with Crippen molar-refractivity contribution in [2.45, 2.75) is 38.5 Å². The van der Waals surface area contributed by atoms with E-state index >= 15 is 0 Å². The van der Waals surface area contributed by atoms with Crippen LogP contribution >= 0.6 is 0 Å². The predicted molar refractivity (Wildman–Crippen MR) is 79.8 cm³/mol. The molecule has 7 heteroatoms. The number of nitrogens with two attached hydrogens (primary N) is 1. The fraction of sp³-hybridized carbons (Fsp3) is 0.769. The van der Waals surface area contributed by atoms with Gasteiger partial charge in [-0.1, -0.05) is 0 Å². The zero-order chi connectivity index (χ0) is 13.8. The lowest BCUT2D eigenvalue weighted by Gasteiger charge is -2.30. The van der Waals surface area contributed by atoms with Gasteiger partial charge in [0.25, 0.3) is 0 Å². The fourth-order valence-electron chi connectivity index (χ4n) is 2.89. The SMILES string of the molecule is NNc1nc(N2CCCCC2)nc(N2CCCCC2)n1. The Morgan fingerprint density at radius 3 is 1.55 bits per heavy atom. The van der Waals surface area contributed by atoms with Crippen LogP contribution in [0.1, 0.15) is 38.5 Å². The minimum absolute atomic E-state index is 0.459. The van der Waals surface area contributed by atoms with Crippen molar-refractivity contribution in [2.75, 3.05) is 41.4 Å². The third-order valence-corrected chi connectivity index (χ3v) is 4.02. The molecule has 0 saturated carbocycles. The molecule has 1 aromatic heterocycles. The Morgan fingerprint density at radius 2 is 1.15 bits per heavy atom. The molecule has 7 nitrogen and oxygen atoms in total. The molecule has 20 heavy (non-hydrogen) atoms. The summed E-state index contributed by atoms with van der Waals surface area (Å²) in [6.07, 6.45) is 7.41. The second-order valence-electron chi connectivity index (χ2n) is 5.50. The molecule has 0 aliphatic carbocycles. The molecule has 0 spiro atoms. The van der Waals surface area contributed by atoms with Crippen LogP contribution in [0.15, 0.2) is 0 Å². The van der Waals surface area contributed by atoms with E-state index in [9.17, 15) is 0 Å². The van der Waals surface area contributed by atoms with Crippen LogP contribution < -0.4 is 21.1 Å². The van der Waals surface area contributed by atoms with Crippen molar-refractivity contribution < 1.29 is 0 Å². The number of anilines is 3. The summed E-state index contributed by atoms with van der Waals surface area (Å²) in [4.78, 5) is 18.0. The van der Waals surface area contributed by atoms with Crippen molar-refractivity contribution in [1.29, 1.82) is 0 Å². The third kappa shape index (κ3) is 2.92. The van der Waals surface area contributed by atoms with Gasteiger partial charge in [-0.3, -0.25) is 5.43 Å². The number of piperidine rings is 2. The standard InChI is InChI=1S/C13H23N7/c14-18-11-15-12(19-7-3-1-4-8-19)17-13(16-11)20-9-5-2-6-10-20/h1-10,14H2,(H,15,16,17,18). The van der Waals surface area contributed by atoms with Crippen LogP contribution in [0.4, 0.5) is 17.8 Å². The molecule has 0 amide bonds. The zero-order valence-corrected chi connectivity index (χ0v) is 11.9. The smallest absolute Gasteiger partial charge is 0.243 e. The van der Waals surface area contributed by atoms with Gasteiger partial charge in [0.15, 0.2) is 0 Å². The monoisotopic (exact) mass is 277 g/mol. The second-order valence-corrected chi connectivity index (χ2v) is 5.50. The molecule has 1 aromatic rings. The van der Waals surface area contributed by atoms with Crippen molar-refractivity contribution in [2.24, 2.45) is 5.84 Å². The Balaban J connectivity index is 1.85. The third-order valence-electron chi connectivity index (χ3n) is 4.02. The second kappa shape index (κ2) is 6.21. The van der Waals surface area contributed by atoms with Gasteiger partial charge in [-0.2, -0.15) is 15.0 Å². The Morgan fingerprint density at radius 1 is 0.700 bits per heavy atom. The van der Waals surface area contributed by atoms with E-state index in [0.717, 1.165) is 38.1 Å². The van der Waals surface area contributed by atoms with Crippen LogP contribution in [0.2, 0.25) is 0 Å². The molecule has 2 aliphatic heterocycles. The van der Waals surface area contributed by atoms with E-state index in [1.165, 1.54) is 38.5 Å². The van der Waals surface area contributed by atoms with E-state index < -0.39 is 0 Å². The van der Waals surface area contributed by atoms with Crippen LogP contribution in [0.3, 0.4) is 0 Å². The molecule has 2 saturated heterocycles. The molecule has 2 aliphatic rings. The van der Waals surface area contributed by atoms with Crippen molar-refractivity contribution >= 4 is 17.8 Å². The first-order chi connectivity index (χ1) is 9.86. The van der Waals surface area contributed by atoms with E-state index in [0.29, 0.717) is 5.95 Å². The van der Waals surface area contributed by atoms with Crippen molar-refractivity contribution in [3.63, 3.8) is 0 Å². The summed E-state index contributed by atoms with van der Waals surface area (Å²) in [6, 6.07) is 0. The lowest BCUT2D eigenvalue weighted by atomic mass is 10.1. The van der Waals surface area contributed by atoms with Gasteiger partial charge >= 0.3 is 0 Å². The summed E-state index contributed by atoms with van der Waals surface area (Å²) in [5, 5.41) is 0. The Bertz CT molecular complexity index is 402. The quantitative estimate of drug-likeness (QED) is 0.633. The average molecular weight is 277 g/mol. The molecule has 3 N–H and O–H groups in total. The Kier molecular flexibility index (Phi) is 4.15. The molecular formula is C13H23N7. The lowest BCUT2D eigenvalue weighted by Crippen LogP contribution is -2.34. The number of rotatable bonds is 3. The molecule has 110 valence electrons. The number of hydrogen-bond acceptors (Lipinski definition) is 7. The van der Waals surface area contributed by atoms with Gasteiger partial charge in [0.2, 0.25) is 17.8 Å². The van der Waals surface area contributed by atoms with Crippen LogP contribution in [0.25, 0.3) is 0 Å². The molecule has 2 fully saturated rings. The highest BCUT2D eigenvalue weighted by atomic mass is 15.4. The number of aromatic nitrogens is 3. The van der Waals surface area contributed by atoms with Crippen LogP contribution in [0.5, 0.6) is 0 Å². The van der Waals surface area contributed by atoms with Crippen molar-refractivity contribution in [3.8, 4) is 0 Å². The van der Waals surface area contributed by atoms with Gasteiger partial charge in [0.05, 0.1) is 0 Å². The average Bonchev–Trinajstić information content (AvgIpc) is 2.56. The van der Waals surface area contributed by atoms with Gasteiger partial charge in [-0.05, 0) is 38.5 Å². The first kappa shape index (κ1) is 13.4. The first-order valence-electron chi connectivity index (χ1n) is 7.59. The lowest BCUT2D eigenvalue weighted by molar-refractivity contribution is 0.556. The minimum atomic E-state index is 0.459. The maximum absolute atomic E-state index is 5.51. The van der Waals surface area contributed by atoms with E-state index in [2.05, 4.69) is 30.2 Å². The maximum Gasteiger partial charge on any atom is 0.243 e. The molecule has 3 heterocycles. The molecule has 0 radical (unpaired) electrons. The summed E-state index contributed by atoms with van der Waals surface area (Å²) in [6.45, 7) is 4.09. The van der Waals surface area contributed by atoms with E-state index in [-0.39, 0.29) is 0 Å². The highest BCUT2D eigenvalue weighted by Crippen LogP contribution is 2.21. The fourth-order valence-corrected chi connectivity index (χ4v) is 2.89. The van der Waals surface area contributed by atoms with Gasteiger partial charge in [0, 0.05) is 26.2 Å². The number of hydrogen-bond donors (Lipinski definition) is 2. The summed E-state index contributed by atoms with van der Waals surface area (Å²) < 4.78 is 0. The van der Waals surface area contributed by atoms with Gasteiger partial charge < -0.3 is 9.80 Å². The number of nitrogens with one attached hydrogen (secondary N) is 1. The van der Waals surface area contributed by atoms with Crippen molar-refractivity contribution in [3.05, 3.63) is 0 Å². The predicted octanol–water partition coefficient (Wildman–Crippen LogP) is 1.14. The van der Waals surface area contributed by atoms with E-state index in [1.54, 1.807) is 0 Å². The van der Waals surface area contributed by atoms with E-state index in [4.69, 9.17) is 5.84 Å². The van der Waals surface area contributed by atoms with Crippen molar-refractivity contribution in [1.82, 2.24) is 15.0 Å². The van der Waals surface area contributed by atoms with Crippen LogP contribution in [0, 0.1) is 0 Å². The molecule has 3 rings (SSSR count).